The van der Waals surface area contributed by atoms with Crippen molar-refractivity contribution in [3.8, 4) is 11.5 Å². The maximum atomic E-state index is 11.8. The summed E-state index contributed by atoms with van der Waals surface area (Å²) in [6, 6.07) is 11.8. The number of rotatable bonds is 8. The number of halogens is 1. The highest BCUT2D eigenvalue weighted by molar-refractivity contribution is 14.0. The minimum absolute atomic E-state index is 0. The van der Waals surface area contributed by atoms with Gasteiger partial charge in [-0.25, -0.2) is 4.99 Å². The molecule has 2 aromatic rings. The first-order chi connectivity index (χ1) is 15.0. The van der Waals surface area contributed by atoms with Crippen molar-refractivity contribution in [3.05, 3.63) is 58.7 Å². The summed E-state index contributed by atoms with van der Waals surface area (Å²) in [5.74, 6) is 2.42. The molecule has 0 aromatic heterocycles. The molecule has 32 heavy (non-hydrogen) atoms. The Morgan fingerprint density at radius 2 is 2.06 bits per heavy atom. The van der Waals surface area contributed by atoms with E-state index in [1.54, 1.807) is 14.2 Å². The summed E-state index contributed by atoms with van der Waals surface area (Å²) in [4.78, 5) is 16.5. The van der Waals surface area contributed by atoms with Crippen LogP contribution in [0.2, 0.25) is 0 Å². The molecule has 1 aliphatic rings. The largest absolute Gasteiger partial charge is 0.496 e. The lowest BCUT2D eigenvalue weighted by molar-refractivity contribution is 0.0963. The van der Waals surface area contributed by atoms with Gasteiger partial charge >= 0.3 is 0 Å². The van der Waals surface area contributed by atoms with Crippen molar-refractivity contribution >= 4 is 35.8 Å². The number of guanidine groups is 1. The topological polar surface area (TPSA) is 84.0 Å². The first-order valence-electron chi connectivity index (χ1n) is 10.7. The van der Waals surface area contributed by atoms with Gasteiger partial charge in [0.05, 0.1) is 13.7 Å². The number of carbonyl (C=O) groups is 1. The van der Waals surface area contributed by atoms with Gasteiger partial charge in [-0.1, -0.05) is 12.1 Å². The van der Waals surface area contributed by atoms with Crippen molar-refractivity contribution in [2.75, 3.05) is 27.2 Å². The first kappa shape index (κ1) is 25.8. The second-order valence-corrected chi connectivity index (χ2v) is 7.56. The van der Waals surface area contributed by atoms with E-state index in [0.717, 1.165) is 48.0 Å². The van der Waals surface area contributed by atoms with Gasteiger partial charge in [0.1, 0.15) is 17.6 Å². The van der Waals surface area contributed by atoms with Gasteiger partial charge in [-0.05, 0) is 50.1 Å². The molecule has 0 aliphatic carbocycles. The lowest BCUT2D eigenvalue weighted by Gasteiger charge is -2.13. The molecule has 3 rings (SSSR count). The van der Waals surface area contributed by atoms with Gasteiger partial charge in [-0.3, -0.25) is 4.79 Å². The zero-order valence-corrected chi connectivity index (χ0v) is 21.5. The molecule has 1 amide bonds. The fraction of sp³-hybridized carbons (Fsp3) is 0.417. The van der Waals surface area contributed by atoms with Crippen LogP contribution in [-0.4, -0.2) is 45.2 Å². The summed E-state index contributed by atoms with van der Waals surface area (Å²) in [6.45, 7) is 6.05. The first-order valence-corrected chi connectivity index (χ1v) is 10.7. The van der Waals surface area contributed by atoms with E-state index in [1.807, 2.05) is 37.3 Å². The second-order valence-electron chi connectivity index (χ2n) is 7.56. The molecular weight excluding hydrogens is 519 g/mol. The number of fused-ring (bicyclic) bond motifs is 1. The van der Waals surface area contributed by atoms with Crippen molar-refractivity contribution in [2.45, 2.75) is 39.3 Å². The molecule has 0 fully saturated rings. The van der Waals surface area contributed by atoms with Crippen LogP contribution in [0.4, 0.5) is 0 Å². The number of benzene rings is 2. The molecule has 2 aromatic carbocycles. The van der Waals surface area contributed by atoms with Crippen LogP contribution in [0.15, 0.2) is 41.4 Å². The SMILES string of the molecule is CCNC(=NCc1cc2c(cc1OC)CC(C)O2)NCCc1cccc(C(=O)NC)c1.I. The maximum absolute atomic E-state index is 11.8. The Morgan fingerprint density at radius 3 is 2.78 bits per heavy atom. The van der Waals surface area contributed by atoms with Crippen molar-refractivity contribution in [2.24, 2.45) is 4.99 Å². The standard InChI is InChI=1S/C24H32N4O3.HI/c1-5-26-24(27-10-9-17-7-6-8-18(12-17)23(29)25-3)28-15-20-14-22-19(11-16(2)31-22)13-21(20)30-4;/h6-8,12-14,16H,5,9-11,15H2,1-4H3,(H,25,29)(H2,26,27,28);1H. The molecule has 3 N–H and O–H groups in total. The zero-order chi connectivity index (χ0) is 22.2. The summed E-state index contributed by atoms with van der Waals surface area (Å²) in [5.41, 5.74) is 3.93. The van der Waals surface area contributed by atoms with Crippen LogP contribution in [0.3, 0.4) is 0 Å². The van der Waals surface area contributed by atoms with Crippen LogP contribution in [0.5, 0.6) is 11.5 Å². The quantitative estimate of drug-likeness (QED) is 0.266. The Balaban J connectivity index is 0.00000363. The molecule has 174 valence electrons. The lowest BCUT2D eigenvalue weighted by Crippen LogP contribution is -2.38. The summed E-state index contributed by atoms with van der Waals surface area (Å²) in [5, 5.41) is 9.30. The van der Waals surface area contributed by atoms with Gasteiger partial charge in [0.2, 0.25) is 0 Å². The Kier molecular flexibility index (Phi) is 10.1. The normalized spacial score (nSPS) is 14.6. The van der Waals surface area contributed by atoms with Crippen LogP contribution < -0.4 is 25.4 Å². The lowest BCUT2D eigenvalue weighted by atomic mass is 10.1. The molecule has 1 atom stereocenters. The van der Waals surface area contributed by atoms with Gasteiger partial charge < -0.3 is 25.4 Å². The van der Waals surface area contributed by atoms with Gasteiger partial charge in [0.25, 0.3) is 5.91 Å². The summed E-state index contributed by atoms with van der Waals surface area (Å²) >= 11 is 0. The average Bonchev–Trinajstić information content (AvgIpc) is 3.15. The molecule has 8 heteroatoms. The highest BCUT2D eigenvalue weighted by Gasteiger charge is 2.21. The highest BCUT2D eigenvalue weighted by Crippen LogP contribution is 2.35. The van der Waals surface area contributed by atoms with E-state index in [9.17, 15) is 4.79 Å². The number of ether oxygens (including phenoxy) is 2. The molecule has 0 bridgehead atoms. The Bertz CT molecular complexity index is 949. The predicted molar refractivity (Wildman–Crippen MR) is 139 cm³/mol. The van der Waals surface area contributed by atoms with Crippen LogP contribution in [0, 0.1) is 0 Å². The molecule has 1 aliphatic heterocycles. The van der Waals surface area contributed by atoms with Gasteiger partial charge in [-0.2, -0.15) is 0 Å². The third-order valence-electron chi connectivity index (χ3n) is 5.17. The Hall–Kier alpha value is -2.49. The zero-order valence-electron chi connectivity index (χ0n) is 19.2. The fourth-order valence-electron chi connectivity index (χ4n) is 3.64. The Morgan fingerprint density at radius 1 is 1.25 bits per heavy atom. The average molecular weight is 552 g/mol. The summed E-state index contributed by atoms with van der Waals surface area (Å²) in [7, 11) is 3.32. The third kappa shape index (κ3) is 6.75. The van der Waals surface area contributed by atoms with Crippen molar-refractivity contribution in [1.82, 2.24) is 16.0 Å². The number of nitrogens with one attached hydrogen (secondary N) is 3. The molecule has 0 radical (unpaired) electrons. The van der Waals surface area contributed by atoms with E-state index in [1.165, 1.54) is 5.56 Å². The van der Waals surface area contributed by atoms with Gasteiger partial charge in [0, 0.05) is 43.2 Å². The molecule has 0 saturated heterocycles. The van der Waals surface area contributed by atoms with Crippen molar-refractivity contribution in [3.63, 3.8) is 0 Å². The number of hydrogen-bond donors (Lipinski definition) is 3. The number of amides is 1. The van der Waals surface area contributed by atoms with Gasteiger partial charge in [-0.15, -0.1) is 24.0 Å². The van der Waals surface area contributed by atoms with Crippen LogP contribution in [0.1, 0.15) is 40.9 Å². The van der Waals surface area contributed by atoms with E-state index >= 15 is 0 Å². The van der Waals surface area contributed by atoms with Crippen LogP contribution in [0.25, 0.3) is 0 Å². The fourth-order valence-corrected chi connectivity index (χ4v) is 3.64. The molecular formula is C24H33IN4O3. The summed E-state index contributed by atoms with van der Waals surface area (Å²) in [6.07, 6.45) is 1.88. The Labute approximate surface area is 207 Å². The van der Waals surface area contributed by atoms with Crippen LogP contribution >= 0.6 is 24.0 Å². The maximum Gasteiger partial charge on any atom is 0.251 e. The minimum Gasteiger partial charge on any atom is -0.496 e. The molecule has 1 unspecified atom stereocenters. The van der Waals surface area contributed by atoms with E-state index in [-0.39, 0.29) is 36.0 Å². The smallest absolute Gasteiger partial charge is 0.251 e. The molecule has 1 heterocycles. The number of methoxy groups -OCH3 is 1. The van der Waals surface area contributed by atoms with Crippen molar-refractivity contribution < 1.29 is 14.3 Å². The number of carbonyl (C=O) groups excluding carboxylic acids is 1. The van der Waals surface area contributed by atoms with Gasteiger partial charge in [0.15, 0.2) is 5.96 Å². The third-order valence-corrected chi connectivity index (χ3v) is 5.17. The summed E-state index contributed by atoms with van der Waals surface area (Å²) < 4.78 is 11.5. The molecule has 0 spiro atoms. The van der Waals surface area contributed by atoms with Crippen molar-refractivity contribution in [1.29, 1.82) is 0 Å². The number of nitrogens with zero attached hydrogens (tertiary/aromatic N) is 1. The van der Waals surface area contributed by atoms with E-state index in [0.29, 0.717) is 18.7 Å². The molecule has 7 nitrogen and oxygen atoms in total. The minimum atomic E-state index is -0.0774. The number of hydrogen-bond acceptors (Lipinski definition) is 4. The number of aliphatic imine (C=N–C) groups is 1. The van der Waals surface area contributed by atoms with E-state index < -0.39 is 0 Å². The van der Waals surface area contributed by atoms with E-state index in [2.05, 4.69) is 28.9 Å². The van der Waals surface area contributed by atoms with Crippen LogP contribution in [-0.2, 0) is 19.4 Å². The molecule has 0 saturated carbocycles. The second kappa shape index (κ2) is 12.5. The highest BCUT2D eigenvalue weighted by atomic mass is 127. The predicted octanol–water partition coefficient (Wildman–Crippen LogP) is 3.29. The monoisotopic (exact) mass is 552 g/mol. The van der Waals surface area contributed by atoms with E-state index in [4.69, 9.17) is 14.5 Å².